The number of nitrogens with zero attached hydrogens (tertiary/aromatic N) is 2. The van der Waals surface area contributed by atoms with Gasteiger partial charge in [-0.1, -0.05) is 12.1 Å². The van der Waals surface area contributed by atoms with Crippen molar-refractivity contribution >= 4 is 44.5 Å². The van der Waals surface area contributed by atoms with E-state index >= 15 is 0 Å². The van der Waals surface area contributed by atoms with Crippen LogP contribution in [-0.4, -0.2) is 9.97 Å². The maximum atomic E-state index is 4.76. The molecule has 4 heteroatoms. The molecule has 5 aromatic rings. The molecular weight excluding hydrogens is 356 g/mol. The largest absolute Gasteiger partial charge is 0.253 e. The van der Waals surface area contributed by atoms with E-state index in [-0.39, 0.29) is 0 Å². The Morgan fingerprint density at radius 3 is 1.50 bits per heavy atom. The first-order valence-electron chi connectivity index (χ1n) is 8.48. The SMILES string of the molecule is Cc1ccsc1-c1cnc2c(ccc3cc(-c4sccc4C)cnc32)c1. The molecular formula is C22H16N2S2. The Hall–Kier alpha value is -2.56. The van der Waals surface area contributed by atoms with Gasteiger partial charge in [-0.15, -0.1) is 22.7 Å². The standard InChI is InChI=1S/C22H16N2S2/c1-13-5-7-25-21(13)17-9-15-3-4-16-10-18(22-14(2)6-8-26-22)12-24-20(16)19(15)23-11-17/h3-12H,1-2H3. The molecule has 26 heavy (non-hydrogen) atoms. The number of rotatable bonds is 2. The minimum atomic E-state index is 0.968. The summed E-state index contributed by atoms with van der Waals surface area (Å²) >= 11 is 3.52. The lowest BCUT2D eigenvalue weighted by molar-refractivity contribution is 1.37. The molecule has 0 fully saturated rings. The van der Waals surface area contributed by atoms with Crippen LogP contribution < -0.4 is 0 Å². The Labute approximate surface area is 159 Å². The van der Waals surface area contributed by atoms with E-state index in [9.17, 15) is 0 Å². The van der Waals surface area contributed by atoms with Crippen molar-refractivity contribution in [3.05, 3.63) is 70.7 Å². The summed E-state index contributed by atoms with van der Waals surface area (Å²) in [6.07, 6.45) is 3.94. The van der Waals surface area contributed by atoms with Gasteiger partial charge in [-0.05, 0) is 60.0 Å². The lowest BCUT2D eigenvalue weighted by Gasteiger charge is -2.07. The number of fused-ring (bicyclic) bond motifs is 3. The van der Waals surface area contributed by atoms with Crippen molar-refractivity contribution in [3.8, 4) is 20.9 Å². The highest BCUT2D eigenvalue weighted by Crippen LogP contribution is 2.34. The Morgan fingerprint density at radius 2 is 1.12 bits per heavy atom. The predicted molar refractivity (Wildman–Crippen MR) is 113 cm³/mol. The average Bonchev–Trinajstić information content (AvgIpc) is 3.28. The molecule has 0 bridgehead atoms. The highest BCUT2D eigenvalue weighted by molar-refractivity contribution is 7.14. The monoisotopic (exact) mass is 372 g/mol. The van der Waals surface area contributed by atoms with Crippen LogP contribution in [0, 0.1) is 13.8 Å². The Morgan fingerprint density at radius 1 is 0.654 bits per heavy atom. The van der Waals surface area contributed by atoms with Gasteiger partial charge >= 0.3 is 0 Å². The van der Waals surface area contributed by atoms with Gasteiger partial charge in [-0.25, -0.2) is 0 Å². The van der Waals surface area contributed by atoms with E-state index in [4.69, 9.17) is 9.97 Å². The van der Waals surface area contributed by atoms with Crippen molar-refractivity contribution in [1.82, 2.24) is 9.97 Å². The smallest absolute Gasteiger partial charge is 0.0965 e. The summed E-state index contributed by atoms with van der Waals surface area (Å²) in [6, 6.07) is 13.1. The van der Waals surface area contributed by atoms with Crippen LogP contribution in [0.15, 0.2) is 59.6 Å². The van der Waals surface area contributed by atoms with Crippen LogP contribution >= 0.6 is 22.7 Å². The first kappa shape index (κ1) is 15.7. The zero-order valence-electron chi connectivity index (χ0n) is 14.5. The molecule has 4 aromatic heterocycles. The van der Waals surface area contributed by atoms with Crippen molar-refractivity contribution in [1.29, 1.82) is 0 Å². The quantitative estimate of drug-likeness (QED) is 0.316. The van der Waals surface area contributed by atoms with E-state index in [2.05, 4.69) is 61.0 Å². The maximum absolute atomic E-state index is 4.76. The summed E-state index contributed by atoms with van der Waals surface area (Å²) < 4.78 is 0. The van der Waals surface area contributed by atoms with Gasteiger partial charge in [0, 0.05) is 44.0 Å². The second-order valence-corrected chi connectivity index (χ2v) is 8.35. The van der Waals surface area contributed by atoms with Crippen LogP contribution in [0.3, 0.4) is 0 Å². The van der Waals surface area contributed by atoms with E-state index in [0.29, 0.717) is 0 Å². The Bertz CT molecular complexity index is 1160. The molecule has 126 valence electrons. The van der Waals surface area contributed by atoms with Gasteiger partial charge in [-0.2, -0.15) is 0 Å². The minimum absolute atomic E-state index is 0.968. The molecule has 0 amide bonds. The molecule has 2 nitrogen and oxygen atoms in total. The topological polar surface area (TPSA) is 25.8 Å². The number of hydrogen-bond donors (Lipinski definition) is 0. The van der Waals surface area contributed by atoms with E-state index in [0.717, 1.165) is 21.8 Å². The molecule has 0 aliphatic carbocycles. The lowest BCUT2D eigenvalue weighted by atomic mass is 10.1. The minimum Gasteiger partial charge on any atom is -0.253 e. The van der Waals surface area contributed by atoms with Gasteiger partial charge in [0.05, 0.1) is 11.0 Å². The van der Waals surface area contributed by atoms with E-state index < -0.39 is 0 Å². The molecule has 0 saturated heterocycles. The summed E-state index contributed by atoms with van der Waals surface area (Å²) in [4.78, 5) is 12.1. The van der Waals surface area contributed by atoms with Crippen LogP contribution in [0.2, 0.25) is 0 Å². The zero-order chi connectivity index (χ0) is 17.7. The van der Waals surface area contributed by atoms with Crippen LogP contribution in [0.25, 0.3) is 42.7 Å². The van der Waals surface area contributed by atoms with Gasteiger partial charge in [0.15, 0.2) is 0 Å². The van der Waals surface area contributed by atoms with Gasteiger partial charge in [0.2, 0.25) is 0 Å². The Kier molecular flexibility index (Phi) is 3.62. The van der Waals surface area contributed by atoms with Crippen LogP contribution in [0.1, 0.15) is 11.1 Å². The molecule has 0 aliphatic heterocycles. The van der Waals surface area contributed by atoms with E-state index in [1.54, 1.807) is 22.7 Å². The summed E-state index contributed by atoms with van der Waals surface area (Å²) in [7, 11) is 0. The molecule has 5 rings (SSSR count). The second kappa shape index (κ2) is 6.01. The van der Waals surface area contributed by atoms with Crippen LogP contribution in [-0.2, 0) is 0 Å². The van der Waals surface area contributed by atoms with Crippen molar-refractivity contribution in [3.63, 3.8) is 0 Å². The molecule has 0 N–H and O–H groups in total. The normalized spacial score (nSPS) is 11.5. The summed E-state index contributed by atoms with van der Waals surface area (Å²) in [5, 5.41) is 6.53. The molecule has 1 aromatic carbocycles. The number of hydrogen-bond acceptors (Lipinski definition) is 4. The highest BCUT2D eigenvalue weighted by atomic mass is 32.1. The van der Waals surface area contributed by atoms with Gasteiger partial charge in [0.25, 0.3) is 0 Å². The number of pyridine rings is 2. The fourth-order valence-corrected chi connectivity index (χ4v) is 5.20. The summed E-state index contributed by atoms with van der Waals surface area (Å²) in [5.74, 6) is 0. The van der Waals surface area contributed by atoms with Gasteiger partial charge < -0.3 is 0 Å². The zero-order valence-corrected chi connectivity index (χ0v) is 16.1. The van der Waals surface area contributed by atoms with E-state index in [1.165, 1.54) is 32.0 Å². The molecule has 0 atom stereocenters. The third-order valence-corrected chi connectivity index (χ3v) is 6.88. The first-order valence-corrected chi connectivity index (χ1v) is 10.2. The number of aromatic nitrogens is 2. The van der Waals surface area contributed by atoms with Gasteiger partial charge in [-0.3, -0.25) is 9.97 Å². The molecule has 0 spiro atoms. The number of aryl methyl sites for hydroxylation is 2. The van der Waals surface area contributed by atoms with Gasteiger partial charge in [0.1, 0.15) is 0 Å². The van der Waals surface area contributed by atoms with Crippen molar-refractivity contribution < 1.29 is 0 Å². The fourth-order valence-electron chi connectivity index (χ4n) is 3.38. The molecule has 0 unspecified atom stereocenters. The second-order valence-electron chi connectivity index (χ2n) is 6.52. The van der Waals surface area contributed by atoms with Crippen molar-refractivity contribution in [2.24, 2.45) is 0 Å². The molecule has 0 saturated carbocycles. The van der Waals surface area contributed by atoms with Crippen LogP contribution in [0.4, 0.5) is 0 Å². The third-order valence-electron chi connectivity index (χ3n) is 4.75. The van der Waals surface area contributed by atoms with Crippen molar-refractivity contribution in [2.45, 2.75) is 13.8 Å². The predicted octanol–water partition coefficient (Wildman–Crippen LogP) is 6.86. The number of thiophene rings is 2. The number of benzene rings is 1. The maximum Gasteiger partial charge on any atom is 0.0965 e. The first-order chi connectivity index (χ1) is 12.7. The molecule has 4 heterocycles. The lowest BCUT2D eigenvalue weighted by Crippen LogP contribution is -1.88. The third kappa shape index (κ3) is 2.45. The van der Waals surface area contributed by atoms with Crippen LogP contribution in [0.5, 0.6) is 0 Å². The summed E-state index contributed by atoms with van der Waals surface area (Å²) in [5.41, 5.74) is 6.88. The van der Waals surface area contributed by atoms with E-state index in [1.807, 2.05) is 12.4 Å². The van der Waals surface area contributed by atoms with Crippen molar-refractivity contribution in [2.75, 3.05) is 0 Å². The molecule has 0 radical (unpaired) electrons. The Balaban J connectivity index is 1.68. The average molecular weight is 373 g/mol. The molecule has 0 aliphatic rings. The summed E-state index contributed by atoms with van der Waals surface area (Å²) in [6.45, 7) is 4.29. The fraction of sp³-hybridized carbons (Fsp3) is 0.0909. The highest BCUT2D eigenvalue weighted by Gasteiger charge is 2.10.